The van der Waals surface area contributed by atoms with Gasteiger partial charge in [0.1, 0.15) is 6.10 Å². The summed E-state index contributed by atoms with van der Waals surface area (Å²) < 4.78 is 7.42. The van der Waals surface area contributed by atoms with Gasteiger partial charge in [0.15, 0.2) is 18.4 Å². The molecule has 0 aromatic carbocycles. The molecular weight excluding hydrogens is 150 g/mol. The number of hydrogen-bond acceptors (Lipinski definition) is 1. The van der Waals surface area contributed by atoms with Gasteiger partial charge in [-0.15, -0.1) is 0 Å². The molecule has 64 valence electrons. The van der Waals surface area contributed by atoms with Gasteiger partial charge in [0, 0.05) is 19.1 Å². The van der Waals surface area contributed by atoms with Crippen molar-refractivity contribution in [2.75, 3.05) is 6.61 Å². The maximum atomic E-state index is 5.18. The number of hydrogen-bond donors (Lipinski definition) is 0. The molecule has 2 heterocycles. The standard InChI is InChI=1S/C10H14NO/c1-8-3-4-11(9(2)5-8)6-10-7-12-10/h3-5,10H,6-7H2,1-2H3/q+1/t10-/m0/s1. The summed E-state index contributed by atoms with van der Waals surface area (Å²) in [7, 11) is 0. The van der Waals surface area contributed by atoms with E-state index in [1.165, 1.54) is 11.3 Å². The number of pyridine rings is 1. The number of aromatic nitrogens is 1. The lowest BCUT2D eigenvalue weighted by molar-refractivity contribution is -0.703. The maximum Gasteiger partial charge on any atom is 0.178 e. The fraction of sp³-hybridized carbons (Fsp3) is 0.500. The Balaban J connectivity index is 2.18. The van der Waals surface area contributed by atoms with Crippen molar-refractivity contribution >= 4 is 0 Å². The summed E-state index contributed by atoms with van der Waals surface area (Å²) in [5, 5.41) is 0. The van der Waals surface area contributed by atoms with E-state index in [1.807, 2.05) is 0 Å². The zero-order valence-corrected chi connectivity index (χ0v) is 7.58. The van der Waals surface area contributed by atoms with E-state index in [2.05, 4.69) is 36.7 Å². The van der Waals surface area contributed by atoms with Crippen molar-refractivity contribution < 1.29 is 9.30 Å². The highest BCUT2D eigenvalue weighted by atomic mass is 16.6. The van der Waals surface area contributed by atoms with E-state index >= 15 is 0 Å². The van der Waals surface area contributed by atoms with Crippen LogP contribution in [0, 0.1) is 13.8 Å². The first-order valence-electron chi connectivity index (χ1n) is 4.34. The summed E-state index contributed by atoms with van der Waals surface area (Å²) in [6.45, 7) is 6.19. The third-order valence-corrected chi connectivity index (χ3v) is 2.21. The Bertz CT molecular complexity index is 292. The van der Waals surface area contributed by atoms with Crippen LogP contribution in [0.2, 0.25) is 0 Å². The second kappa shape index (κ2) is 2.87. The Labute approximate surface area is 72.8 Å². The molecule has 1 aliphatic rings. The van der Waals surface area contributed by atoms with Crippen LogP contribution in [0.3, 0.4) is 0 Å². The summed E-state index contributed by atoms with van der Waals surface area (Å²) in [4.78, 5) is 0. The van der Waals surface area contributed by atoms with Gasteiger partial charge in [-0.2, -0.15) is 4.57 Å². The van der Waals surface area contributed by atoms with Crippen molar-refractivity contribution in [2.24, 2.45) is 0 Å². The minimum absolute atomic E-state index is 0.469. The van der Waals surface area contributed by atoms with E-state index in [0.29, 0.717) is 6.10 Å². The SMILES string of the molecule is Cc1cc[n+](C[C@H]2CO2)c(C)c1. The molecule has 1 fully saturated rings. The minimum atomic E-state index is 0.469. The Morgan fingerprint density at radius 1 is 1.58 bits per heavy atom. The molecule has 12 heavy (non-hydrogen) atoms. The molecule has 1 aromatic heterocycles. The fourth-order valence-electron chi connectivity index (χ4n) is 1.38. The van der Waals surface area contributed by atoms with Crippen LogP contribution in [0.25, 0.3) is 0 Å². The van der Waals surface area contributed by atoms with Gasteiger partial charge in [-0.05, 0) is 12.5 Å². The van der Waals surface area contributed by atoms with Crippen LogP contribution >= 0.6 is 0 Å². The zero-order valence-electron chi connectivity index (χ0n) is 7.58. The average molecular weight is 164 g/mol. The van der Waals surface area contributed by atoms with Gasteiger partial charge in [-0.1, -0.05) is 0 Å². The third kappa shape index (κ3) is 1.64. The summed E-state index contributed by atoms with van der Waals surface area (Å²) in [6, 6.07) is 4.33. The predicted molar refractivity (Wildman–Crippen MR) is 45.9 cm³/mol. The van der Waals surface area contributed by atoms with Gasteiger partial charge in [0.05, 0.1) is 6.61 Å². The summed E-state index contributed by atoms with van der Waals surface area (Å²) >= 11 is 0. The Morgan fingerprint density at radius 3 is 2.92 bits per heavy atom. The second-order valence-corrected chi connectivity index (χ2v) is 3.45. The number of ether oxygens (including phenoxy) is 1. The molecule has 1 aromatic rings. The van der Waals surface area contributed by atoms with Crippen LogP contribution in [0.5, 0.6) is 0 Å². The summed E-state index contributed by atoms with van der Waals surface area (Å²) in [6.07, 6.45) is 2.60. The molecule has 0 unspecified atom stereocenters. The van der Waals surface area contributed by atoms with Crippen molar-refractivity contribution in [3.05, 3.63) is 29.6 Å². The highest BCUT2D eigenvalue weighted by Gasteiger charge is 2.27. The average Bonchev–Trinajstić information content (AvgIpc) is 2.79. The van der Waals surface area contributed by atoms with Crippen molar-refractivity contribution in [1.29, 1.82) is 0 Å². The second-order valence-electron chi connectivity index (χ2n) is 3.45. The van der Waals surface area contributed by atoms with E-state index in [4.69, 9.17) is 4.74 Å². The number of rotatable bonds is 2. The first-order chi connectivity index (χ1) is 5.75. The largest absolute Gasteiger partial charge is 0.366 e. The van der Waals surface area contributed by atoms with Crippen molar-refractivity contribution in [3.8, 4) is 0 Å². The quantitative estimate of drug-likeness (QED) is 0.470. The monoisotopic (exact) mass is 164 g/mol. The minimum Gasteiger partial charge on any atom is -0.366 e. The molecule has 0 N–H and O–H groups in total. The predicted octanol–water partition coefficient (Wildman–Crippen LogP) is 0.990. The van der Waals surface area contributed by atoms with Gasteiger partial charge in [-0.3, -0.25) is 0 Å². The normalized spacial score (nSPS) is 21.0. The first-order valence-corrected chi connectivity index (χ1v) is 4.34. The van der Waals surface area contributed by atoms with E-state index in [1.54, 1.807) is 0 Å². The van der Waals surface area contributed by atoms with Crippen LogP contribution in [-0.2, 0) is 11.3 Å². The van der Waals surface area contributed by atoms with Crippen LogP contribution in [0.4, 0.5) is 0 Å². The lowest BCUT2D eigenvalue weighted by atomic mass is 10.2. The molecule has 0 saturated carbocycles. The fourth-order valence-corrected chi connectivity index (χ4v) is 1.38. The van der Waals surface area contributed by atoms with Gasteiger partial charge >= 0.3 is 0 Å². The molecule has 0 aliphatic carbocycles. The first kappa shape index (κ1) is 7.74. The molecule has 1 atom stereocenters. The number of aryl methyl sites for hydroxylation is 2. The van der Waals surface area contributed by atoms with Crippen LogP contribution < -0.4 is 4.57 Å². The maximum absolute atomic E-state index is 5.18. The highest BCUT2D eigenvalue weighted by molar-refractivity contribution is 5.08. The van der Waals surface area contributed by atoms with E-state index < -0.39 is 0 Å². The zero-order chi connectivity index (χ0) is 8.55. The van der Waals surface area contributed by atoms with Crippen molar-refractivity contribution in [2.45, 2.75) is 26.5 Å². The van der Waals surface area contributed by atoms with Gasteiger partial charge in [0.25, 0.3) is 0 Å². The number of epoxide rings is 1. The molecule has 2 heteroatoms. The Kier molecular flexibility index (Phi) is 1.85. The lowest BCUT2D eigenvalue weighted by Crippen LogP contribution is -2.39. The van der Waals surface area contributed by atoms with E-state index in [9.17, 15) is 0 Å². The van der Waals surface area contributed by atoms with E-state index in [-0.39, 0.29) is 0 Å². The molecule has 1 saturated heterocycles. The molecule has 0 bridgehead atoms. The molecular formula is C10H14NO+. The van der Waals surface area contributed by atoms with Crippen molar-refractivity contribution in [1.82, 2.24) is 0 Å². The molecule has 0 spiro atoms. The van der Waals surface area contributed by atoms with Crippen molar-refractivity contribution in [3.63, 3.8) is 0 Å². The van der Waals surface area contributed by atoms with Crippen LogP contribution in [0.1, 0.15) is 11.3 Å². The smallest absolute Gasteiger partial charge is 0.178 e. The third-order valence-electron chi connectivity index (χ3n) is 2.21. The number of nitrogens with zero attached hydrogens (tertiary/aromatic N) is 1. The Hall–Kier alpha value is -0.890. The topological polar surface area (TPSA) is 16.4 Å². The van der Waals surface area contributed by atoms with Crippen LogP contribution in [0.15, 0.2) is 18.3 Å². The van der Waals surface area contributed by atoms with E-state index in [0.717, 1.165) is 13.2 Å². The van der Waals surface area contributed by atoms with Gasteiger partial charge in [0.2, 0.25) is 0 Å². The van der Waals surface area contributed by atoms with Gasteiger partial charge < -0.3 is 4.74 Å². The molecule has 2 nitrogen and oxygen atoms in total. The molecule has 0 radical (unpaired) electrons. The lowest BCUT2D eigenvalue weighted by Gasteiger charge is -1.98. The molecule has 1 aliphatic heterocycles. The Morgan fingerprint density at radius 2 is 2.33 bits per heavy atom. The highest BCUT2D eigenvalue weighted by Crippen LogP contribution is 2.08. The van der Waals surface area contributed by atoms with Crippen LogP contribution in [-0.4, -0.2) is 12.7 Å². The molecule has 0 amide bonds. The summed E-state index contributed by atoms with van der Waals surface area (Å²) in [5.74, 6) is 0. The summed E-state index contributed by atoms with van der Waals surface area (Å²) in [5.41, 5.74) is 2.63. The van der Waals surface area contributed by atoms with Gasteiger partial charge in [-0.25, -0.2) is 0 Å². The molecule has 2 rings (SSSR count).